The van der Waals surface area contributed by atoms with Crippen LogP contribution in [0.25, 0.3) is 0 Å². The first-order valence-electron chi connectivity index (χ1n) is 8.94. The van der Waals surface area contributed by atoms with Crippen LogP contribution in [0.4, 0.5) is 15.9 Å². The number of hydrogen-bond donors (Lipinski definition) is 2. The van der Waals surface area contributed by atoms with Crippen molar-refractivity contribution in [3.05, 3.63) is 52.4 Å². The van der Waals surface area contributed by atoms with E-state index in [0.29, 0.717) is 23.0 Å². The van der Waals surface area contributed by atoms with Crippen molar-refractivity contribution in [2.75, 3.05) is 11.9 Å². The normalized spacial score (nSPS) is 14.2. The minimum atomic E-state index is -0.466. The second kappa shape index (κ2) is 8.04. The van der Waals surface area contributed by atoms with Crippen LogP contribution in [0, 0.1) is 11.7 Å². The molecule has 1 aliphatic rings. The number of carbonyl (C=O) groups excluding carboxylic acids is 1. The Balaban J connectivity index is 1.76. The van der Waals surface area contributed by atoms with Gasteiger partial charge < -0.3 is 10.6 Å². The van der Waals surface area contributed by atoms with E-state index in [0.717, 1.165) is 12.1 Å². The molecular weight excluding hydrogens is 353 g/mol. The highest BCUT2D eigenvalue weighted by atomic mass is 35.5. The number of halogens is 2. The summed E-state index contributed by atoms with van der Waals surface area (Å²) in [6, 6.07) is 6.26. The number of nitrogens with one attached hydrogen (secondary N) is 2. The molecule has 1 aromatic carbocycles. The molecule has 0 radical (unpaired) electrons. The Hall–Kier alpha value is -2.14. The summed E-state index contributed by atoms with van der Waals surface area (Å²) in [6.07, 6.45) is 5.24. The van der Waals surface area contributed by atoms with Gasteiger partial charge in [0.05, 0.1) is 10.6 Å². The lowest BCUT2D eigenvalue weighted by atomic mass is 9.85. The molecule has 1 aromatic heterocycles. The van der Waals surface area contributed by atoms with Crippen LogP contribution in [0.2, 0.25) is 5.02 Å². The highest BCUT2D eigenvalue weighted by Gasteiger charge is 2.20. The maximum atomic E-state index is 13.3. The van der Waals surface area contributed by atoms with Gasteiger partial charge in [-0.1, -0.05) is 31.9 Å². The predicted molar refractivity (Wildman–Crippen MR) is 103 cm³/mol. The fourth-order valence-electron chi connectivity index (χ4n) is 2.96. The quantitative estimate of drug-likeness (QED) is 0.723. The zero-order valence-corrected chi connectivity index (χ0v) is 15.7. The number of anilines is 2. The summed E-state index contributed by atoms with van der Waals surface area (Å²) in [5.41, 5.74) is 2.16. The number of rotatable bonds is 6. The lowest BCUT2D eigenvalue weighted by Crippen LogP contribution is -2.32. The van der Waals surface area contributed by atoms with Crippen molar-refractivity contribution in [2.45, 2.75) is 39.0 Å². The van der Waals surface area contributed by atoms with E-state index in [2.05, 4.69) is 15.6 Å². The minimum Gasteiger partial charge on any atom is -0.352 e. The number of carbonyl (C=O) groups is 1. The topological polar surface area (TPSA) is 54.0 Å². The van der Waals surface area contributed by atoms with Crippen LogP contribution in [0.1, 0.15) is 54.9 Å². The van der Waals surface area contributed by atoms with Crippen LogP contribution in [0.15, 0.2) is 30.5 Å². The summed E-state index contributed by atoms with van der Waals surface area (Å²) in [5.74, 6) is 0.821. The Morgan fingerprint density at radius 1 is 1.35 bits per heavy atom. The van der Waals surface area contributed by atoms with E-state index in [1.807, 2.05) is 19.9 Å². The highest BCUT2D eigenvalue weighted by molar-refractivity contribution is 6.31. The van der Waals surface area contributed by atoms with Crippen molar-refractivity contribution in [3.63, 3.8) is 0 Å². The van der Waals surface area contributed by atoms with Crippen LogP contribution in [0.5, 0.6) is 0 Å². The second-order valence-electron chi connectivity index (χ2n) is 7.07. The van der Waals surface area contributed by atoms with Crippen molar-refractivity contribution in [1.82, 2.24) is 10.3 Å². The van der Waals surface area contributed by atoms with Crippen LogP contribution in [0.3, 0.4) is 0 Å². The largest absolute Gasteiger partial charge is 0.352 e. The molecule has 1 saturated carbocycles. The van der Waals surface area contributed by atoms with Crippen LogP contribution in [-0.4, -0.2) is 17.4 Å². The molecule has 2 N–H and O–H groups in total. The Kier molecular flexibility index (Phi) is 5.77. The van der Waals surface area contributed by atoms with Gasteiger partial charge in [0.25, 0.3) is 5.91 Å². The fourth-order valence-corrected chi connectivity index (χ4v) is 3.14. The van der Waals surface area contributed by atoms with E-state index in [9.17, 15) is 9.18 Å². The van der Waals surface area contributed by atoms with E-state index in [1.54, 1.807) is 12.3 Å². The number of benzene rings is 1. The summed E-state index contributed by atoms with van der Waals surface area (Å²) in [4.78, 5) is 16.9. The van der Waals surface area contributed by atoms with Gasteiger partial charge in [-0.25, -0.2) is 9.37 Å². The SMILES string of the molecule is CC(C)c1cc(Nc2ccc(F)c(Cl)c2)ncc1C(=O)NCC1CCC1. The Morgan fingerprint density at radius 2 is 2.12 bits per heavy atom. The lowest BCUT2D eigenvalue weighted by Gasteiger charge is -2.25. The average Bonchev–Trinajstić information content (AvgIpc) is 2.56. The maximum absolute atomic E-state index is 13.3. The fraction of sp³-hybridized carbons (Fsp3) is 0.400. The number of hydrogen-bond acceptors (Lipinski definition) is 3. The molecule has 1 amide bonds. The van der Waals surface area contributed by atoms with Crippen molar-refractivity contribution in [3.8, 4) is 0 Å². The molecule has 0 bridgehead atoms. The van der Waals surface area contributed by atoms with Crippen molar-refractivity contribution in [2.24, 2.45) is 5.92 Å². The molecule has 3 rings (SSSR count). The molecule has 26 heavy (non-hydrogen) atoms. The van der Waals surface area contributed by atoms with E-state index in [1.165, 1.54) is 31.4 Å². The molecule has 1 heterocycles. The molecule has 1 aliphatic carbocycles. The summed E-state index contributed by atoms with van der Waals surface area (Å²) in [7, 11) is 0. The van der Waals surface area contributed by atoms with Crippen LogP contribution >= 0.6 is 11.6 Å². The summed E-state index contributed by atoms with van der Waals surface area (Å²) < 4.78 is 13.3. The number of pyridine rings is 1. The molecule has 138 valence electrons. The Labute approximate surface area is 158 Å². The molecule has 1 fully saturated rings. The Morgan fingerprint density at radius 3 is 2.73 bits per heavy atom. The van der Waals surface area contributed by atoms with E-state index in [4.69, 9.17) is 11.6 Å². The van der Waals surface area contributed by atoms with Gasteiger partial charge in [-0.3, -0.25) is 4.79 Å². The zero-order valence-electron chi connectivity index (χ0n) is 15.0. The van der Waals surface area contributed by atoms with Crippen LogP contribution in [-0.2, 0) is 0 Å². The molecule has 0 spiro atoms. The smallest absolute Gasteiger partial charge is 0.253 e. The standard InChI is InChI=1S/C20H23ClFN3O/c1-12(2)15-9-19(25-14-6-7-18(22)17(21)8-14)23-11-16(15)20(26)24-10-13-4-3-5-13/h6-9,11-13H,3-5,10H2,1-2H3,(H,23,25)(H,24,26). The molecule has 0 unspecified atom stereocenters. The number of nitrogens with zero attached hydrogens (tertiary/aromatic N) is 1. The van der Waals surface area contributed by atoms with Gasteiger partial charge in [0.15, 0.2) is 0 Å². The molecule has 0 aliphatic heterocycles. The van der Waals surface area contributed by atoms with Gasteiger partial charge in [0.2, 0.25) is 0 Å². The zero-order chi connectivity index (χ0) is 18.7. The summed E-state index contributed by atoms with van der Waals surface area (Å²) in [6.45, 7) is 4.80. The van der Waals surface area contributed by atoms with E-state index < -0.39 is 5.82 Å². The summed E-state index contributed by atoms with van der Waals surface area (Å²) >= 11 is 5.82. The van der Waals surface area contributed by atoms with E-state index in [-0.39, 0.29) is 16.8 Å². The minimum absolute atomic E-state index is 0.0473. The third-order valence-corrected chi connectivity index (χ3v) is 5.06. The number of aromatic nitrogens is 1. The van der Waals surface area contributed by atoms with Gasteiger partial charge >= 0.3 is 0 Å². The molecule has 0 saturated heterocycles. The number of amides is 1. The first-order valence-corrected chi connectivity index (χ1v) is 9.32. The van der Waals surface area contributed by atoms with Crippen LogP contribution < -0.4 is 10.6 Å². The van der Waals surface area contributed by atoms with Gasteiger partial charge in [-0.15, -0.1) is 0 Å². The predicted octanol–water partition coefficient (Wildman–Crippen LogP) is 5.27. The first kappa shape index (κ1) is 18.6. The third-order valence-electron chi connectivity index (χ3n) is 4.77. The molecule has 0 atom stereocenters. The van der Waals surface area contributed by atoms with Crippen molar-refractivity contribution >= 4 is 29.0 Å². The van der Waals surface area contributed by atoms with E-state index >= 15 is 0 Å². The Bertz CT molecular complexity index is 806. The third kappa shape index (κ3) is 4.33. The maximum Gasteiger partial charge on any atom is 0.253 e. The van der Waals surface area contributed by atoms with Gasteiger partial charge in [-0.2, -0.15) is 0 Å². The average molecular weight is 376 g/mol. The van der Waals surface area contributed by atoms with Gasteiger partial charge in [0.1, 0.15) is 11.6 Å². The molecule has 4 nitrogen and oxygen atoms in total. The van der Waals surface area contributed by atoms with Gasteiger partial charge in [-0.05, 0) is 54.5 Å². The monoisotopic (exact) mass is 375 g/mol. The van der Waals surface area contributed by atoms with Crippen molar-refractivity contribution < 1.29 is 9.18 Å². The molecule has 2 aromatic rings. The van der Waals surface area contributed by atoms with Crippen molar-refractivity contribution in [1.29, 1.82) is 0 Å². The molecule has 6 heteroatoms. The van der Waals surface area contributed by atoms with Gasteiger partial charge in [0, 0.05) is 18.4 Å². The lowest BCUT2D eigenvalue weighted by molar-refractivity contribution is 0.0937. The second-order valence-corrected chi connectivity index (χ2v) is 7.48. The highest BCUT2D eigenvalue weighted by Crippen LogP contribution is 2.27. The molecular formula is C20H23ClFN3O. The summed E-state index contributed by atoms with van der Waals surface area (Å²) in [5, 5.41) is 6.18. The first-order chi connectivity index (χ1) is 12.4.